The van der Waals surface area contributed by atoms with E-state index in [1.165, 1.54) is 12.8 Å². The summed E-state index contributed by atoms with van der Waals surface area (Å²) in [5.41, 5.74) is 4.90. The Morgan fingerprint density at radius 2 is 2.00 bits per heavy atom. The van der Waals surface area contributed by atoms with E-state index in [9.17, 15) is 0 Å². The lowest BCUT2D eigenvalue weighted by molar-refractivity contribution is 0.465. The first-order valence-electron chi connectivity index (χ1n) is 10.6. The van der Waals surface area contributed by atoms with Gasteiger partial charge in [-0.25, -0.2) is 4.52 Å². The maximum atomic E-state index is 9.11. The van der Waals surface area contributed by atoms with Crippen molar-refractivity contribution in [2.24, 2.45) is 0 Å². The van der Waals surface area contributed by atoms with Crippen LogP contribution in [0.1, 0.15) is 18.4 Å². The van der Waals surface area contributed by atoms with Gasteiger partial charge in [-0.3, -0.25) is 4.98 Å². The number of nitrogens with zero attached hydrogens (tertiary/aromatic N) is 7. The number of nitriles is 1. The second kappa shape index (κ2) is 7.55. The standard InChI is InChI=1S/C22H21N9S/c1-24-18-7-19(20-5-4-16-6-13(8-23)9-26-31(16)20)25-10-17(18)21-28-29-22(32-21)30-11-14-2-3-15(12-30)27-14/h4-7,9-10,14-15,27H,2-3,11-12H2,1H3,(H,24,25). The summed E-state index contributed by atoms with van der Waals surface area (Å²) in [7, 11) is 1.90. The first-order valence-corrected chi connectivity index (χ1v) is 11.4. The fourth-order valence-electron chi connectivity index (χ4n) is 4.63. The van der Waals surface area contributed by atoms with E-state index >= 15 is 0 Å². The molecule has 9 nitrogen and oxygen atoms in total. The van der Waals surface area contributed by atoms with E-state index in [0.29, 0.717) is 17.6 Å². The number of fused-ring (bicyclic) bond motifs is 3. The Kier molecular flexibility index (Phi) is 4.52. The van der Waals surface area contributed by atoms with Crippen LogP contribution < -0.4 is 15.5 Å². The van der Waals surface area contributed by atoms with Crippen molar-refractivity contribution in [3.8, 4) is 28.0 Å². The molecule has 0 saturated carbocycles. The maximum Gasteiger partial charge on any atom is 0.208 e. The van der Waals surface area contributed by atoms with Crippen LogP contribution in [0.4, 0.5) is 10.8 Å². The van der Waals surface area contributed by atoms with E-state index in [4.69, 9.17) is 10.2 Å². The fourth-order valence-corrected chi connectivity index (χ4v) is 5.52. The molecule has 0 spiro atoms. The summed E-state index contributed by atoms with van der Waals surface area (Å²) in [6.45, 7) is 1.98. The molecule has 0 aliphatic carbocycles. The monoisotopic (exact) mass is 443 g/mol. The zero-order valence-electron chi connectivity index (χ0n) is 17.5. The van der Waals surface area contributed by atoms with E-state index in [2.05, 4.69) is 36.9 Å². The molecule has 10 heteroatoms. The van der Waals surface area contributed by atoms with Crippen LogP contribution in [0.15, 0.2) is 36.7 Å². The normalized spacial score (nSPS) is 19.9. The van der Waals surface area contributed by atoms with Gasteiger partial charge in [0.1, 0.15) is 6.07 Å². The van der Waals surface area contributed by atoms with Gasteiger partial charge < -0.3 is 15.5 Å². The highest BCUT2D eigenvalue weighted by Crippen LogP contribution is 2.36. The molecule has 160 valence electrons. The summed E-state index contributed by atoms with van der Waals surface area (Å²) in [5, 5.41) is 31.2. The molecular weight excluding hydrogens is 422 g/mol. The minimum atomic E-state index is 0.533. The molecule has 0 aromatic carbocycles. The van der Waals surface area contributed by atoms with E-state index in [0.717, 1.165) is 51.4 Å². The number of piperazine rings is 1. The van der Waals surface area contributed by atoms with Gasteiger partial charge in [0.15, 0.2) is 5.01 Å². The number of hydrogen-bond donors (Lipinski definition) is 2. The van der Waals surface area contributed by atoms with Gasteiger partial charge in [0.2, 0.25) is 5.13 Å². The second-order valence-corrected chi connectivity index (χ2v) is 9.17. The zero-order valence-corrected chi connectivity index (χ0v) is 18.3. The molecule has 2 unspecified atom stereocenters. The summed E-state index contributed by atoms with van der Waals surface area (Å²) in [6, 6.07) is 11.0. The van der Waals surface area contributed by atoms with Crippen LogP contribution in [0.5, 0.6) is 0 Å². The van der Waals surface area contributed by atoms with Gasteiger partial charge in [-0.2, -0.15) is 10.4 Å². The van der Waals surface area contributed by atoms with Crippen molar-refractivity contribution in [3.05, 3.63) is 42.2 Å². The molecule has 2 atom stereocenters. The molecule has 2 aliphatic heterocycles. The van der Waals surface area contributed by atoms with Gasteiger partial charge in [0.05, 0.1) is 34.2 Å². The quantitative estimate of drug-likeness (QED) is 0.496. The van der Waals surface area contributed by atoms with Gasteiger partial charge >= 0.3 is 0 Å². The zero-order chi connectivity index (χ0) is 21.7. The third kappa shape index (κ3) is 3.18. The van der Waals surface area contributed by atoms with Crippen LogP contribution in [0, 0.1) is 11.3 Å². The number of pyridine rings is 1. The molecule has 2 saturated heterocycles. The van der Waals surface area contributed by atoms with Crippen molar-refractivity contribution in [2.45, 2.75) is 24.9 Å². The summed E-state index contributed by atoms with van der Waals surface area (Å²) in [4.78, 5) is 7.06. The SMILES string of the molecule is CNc1cc(-c2ccc3cc(C#N)cnn23)ncc1-c1nnc(N2CC3CCC(C2)N3)s1. The van der Waals surface area contributed by atoms with Crippen LogP contribution in [0.2, 0.25) is 0 Å². The lowest BCUT2D eigenvalue weighted by Crippen LogP contribution is -2.51. The Hall–Kier alpha value is -3.55. The lowest BCUT2D eigenvalue weighted by Gasteiger charge is -2.32. The highest BCUT2D eigenvalue weighted by Gasteiger charge is 2.33. The van der Waals surface area contributed by atoms with Crippen molar-refractivity contribution in [1.29, 1.82) is 5.26 Å². The van der Waals surface area contributed by atoms with Gasteiger partial charge in [-0.1, -0.05) is 11.3 Å². The van der Waals surface area contributed by atoms with E-state index in [1.807, 2.05) is 37.5 Å². The summed E-state index contributed by atoms with van der Waals surface area (Å²) < 4.78 is 1.80. The van der Waals surface area contributed by atoms with Crippen LogP contribution in [-0.4, -0.2) is 57.0 Å². The van der Waals surface area contributed by atoms with Gasteiger partial charge in [0, 0.05) is 44.1 Å². The predicted molar refractivity (Wildman–Crippen MR) is 124 cm³/mol. The van der Waals surface area contributed by atoms with Crippen molar-refractivity contribution in [2.75, 3.05) is 30.4 Å². The molecule has 2 N–H and O–H groups in total. The number of nitrogens with one attached hydrogen (secondary N) is 2. The minimum absolute atomic E-state index is 0.533. The molecule has 0 amide bonds. The third-order valence-corrected chi connectivity index (χ3v) is 7.21. The predicted octanol–water partition coefficient (Wildman–Crippen LogP) is 2.77. The highest BCUT2D eigenvalue weighted by molar-refractivity contribution is 7.18. The molecule has 0 radical (unpaired) electrons. The molecule has 2 fully saturated rings. The average Bonchev–Trinajstić information content (AvgIpc) is 3.56. The van der Waals surface area contributed by atoms with Crippen molar-refractivity contribution < 1.29 is 0 Å². The van der Waals surface area contributed by atoms with Crippen LogP contribution in [0.3, 0.4) is 0 Å². The number of hydrogen-bond acceptors (Lipinski definition) is 9. The fraction of sp³-hybridized carbons (Fsp3) is 0.318. The van der Waals surface area contributed by atoms with Crippen LogP contribution in [0.25, 0.3) is 27.5 Å². The lowest BCUT2D eigenvalue weighted by atomic mass is 10.2. The Morgan fingerprint density at radius 1 is 1.16 bits per heavy atom. The third-order valence-electron chi connectivity index (χ3n) is 6.20. The van der Waals surface area contributed by atoms with Crippen molar-refractivity contribution in [1.82, 2.24) is 30.1 Å². The average molecular weight is 444 g/mol. The first-order chi connectivity index (χ1) is 15.7. The largest absolute Gasteiger partial charge is 0.387 e. The first kappa shape index (κ1) is 19.2. The number of aromatic nitrogens is 5. The molecule has 32 heavy (non-hydrogen) atoms. The minimum Gasteiger partial charge on any atom is -0.387 e. The molecule has 2 bridgehead atoms. The summed E-state index contributed by atoms with van der Waals surface area (Å²) in [5.74, 6) is 0. The number of anilines is 2. The number of rotatable bonds is 4. The van der Waals surface area contributed by atoms with E-state index in [1.54, 1.807) is 22.0 Å². The second-order valence-electron chi connectivity index (χ2n) is 8.21. The van der Waals surface area contributed by atoms with Gasteiger partial charge in [-0.15, -0.1) is 10.2 Å². The molecule has 2 aliphatic rings. The van der Waals surface area contributed by atoms with Crippen LogP contribution >= 0.6 is 11.3 Å². The molecule has 6 heterocycles. The summed E-state index contributed by atoms with van der Waals surface area (Å²) >= 11 is 1.61. The molecule has 4 aromatic rings. The Morgan fingerprint density at radius 3 is 2.78 bits per heavy atom. The Labute approximate surface area is 188 Å². The van der Waals surface area contributed by atoms with E-state index in [-0.39, 0.29) is 0 Å². The van der Waals surface area contributed by atoms with E-state index < -0.39 is 0 Å². The highest BCUT2D eigenvalue weighted by atomic mass is 32.1. The van der Waals surface area contributed by atoms with Gasteiger partial charge in [0.25, 0.3) is 0 Å². The van der Waals surface area contributed by atoms with Crippen molar-refractivity contribution in [3.63, 3.8) is 0 Å². The van der Waals surface area contributed by atoms with Crippen molar-refractivity contribution >= 4 is 27.7 Å². The smallest absolute Gasteiger partial charge is 0.208 e. The van der Waals surface area contributed by atoms with Crippen LogP contribution in [-0.2, 0) is 0 Å². The molecule has 6 rings (SSSR count). The molecular formula is C22H21N9S. The Bertz CT molecular complexity index is 1340. The topological polar surface area (TPSA) is 107 Å². The summed E-state index contributed by atoms with van der Waals surface area (Å²) in [6.07, 6.45) is 5.89. The van der Waals surface area contributed by atoms with Gasteiger partial charge in [-0.05, 0) is 37.1 Å². The maximum absolute atomic E-state index is 9.11. The molecule has 4 aromatic heterocycles. The Balaban J connectivity index is 1.32.